The number of carbonyl (C=O) groups excluding carboxylic acids is 1. The second-order valence-corrected chi connectivity index (χ2v) is 11.1. The molecule has 0 radical (unpaired) electrons. The van der Waals surface area contributed by atoms with E-state index in [4.69, 9.17) is 23.1 Å². The fourth-order valence-corrected chi connectivity index (χ4v) is 5.06. The molecule has 0 N–H and O–H groups in total. The fraction of sp³-hybridized carbons (Fsp3) is 0.875. The predicted molar refractivity (Wildman–Crippen MR) is 126 cm³/mol. The monoisotopic (exact) mass is 506 g/mol. The zero-order valence-electron chi connectivity index (χ0n) is 21.2. The molecule has 2 rings (SSSR count). The average Bonchev–Trinajstić information content (AvgIpc) is 3.09. The van der Waals surface area contributed by atoms with Crippen molar-refractivity contribution >= 4 is 16.1 Å². The van der Waals surface area contributed by atoms with E-state index in [1.807, 2.05) is 26.0 Å². The molecule has 0 bridgehead atoms. The molecule has 0 aromatic carbocycles. The quantitative estimate of drug-likeness (QED) is 0.115. The Labute approximate surface area is 204 Å². The van der Waals surface area contributed by atoms with Crippen LogP contribution in [0.2, 0.25) is 0 Å². The number of unbranched alkanes of at least 4 members (excludes halogenated alkanes) is 1. The molecule has 0 aromatic heterocycles. The van der Waals surface area contributed by atoms with Gasteiger partial charge in [-0.1, -0.05) is 12.2 Å². The largest absolute Gasteiger partial charge is 0.469 e. The molecular formula is C24H42O9S. The van der Waals surface area contributed by atoms with Crippen LogP contribution in [0.4, 0.5) is 0 Å². The van der Waals surface area contributed by atoms with Crippen molar-refractivity contribution < 1.29 is 41.1 Å². The molecule has 9 nitrogen and oxygen atoms in total. The first kappa shape index (κ1) is 29.2. The highest BCUT2D eigenvalue weighted by molar-refractivity contribution is 7.86. The molecule has 198 valence electrons. The molecule has 1 unspecified atom stereocenters. The van der Waals surface area contributed by atoms with Gasteiger partial charge in [0.25, 0.3) is 10.1 Å². The van der Waals surface area contributed by atoms with Crippen LogP contribution in [0.25, 0.3) is 0 Å². The fourth-order valence-electron chi connectivity index (χ4n) is 4.39. The average molecular weight is 507 g/mol. The Bertz CT molecular complexity index is 744. The lowest BCUT2D eigenvalue weighted by Crippen LogP contribution is -2.37. The zero-order chi connectivity index (χ0) is 25.2. The van der Waals surface area contributed by atoms with Crippen molar-refractivity contribution in [2.75, 3.05) is 33.7 Å². The number of rotatable bonds is 14. The van der Waals surface area contributed by atoms with Crippen molar-refractivity contribution in [1.82, 2.24) is 0 Å². The number of carbonyl (C=O) groups is 1. The number of allylic oxidation sites excluding steroid dienone is 2. The lowest BCUT2D eigenvalue weighted by molar-refractivity contribution is -0.227. The smallest absolute Gasteiger partial charge is 0.305 e. The second kappa shape index (κ2) is 13.9. The molecule has 34 heavy (non-hydrogen) atoms. The van der Waals surface area contributed by atoms with E-state index in [0.29, 0.717) is 38.9 Å². The Balaban J connectivity index is 2.13. The lowest BCUT2D eigenvalue weighted by Gasteiger charge is -2.32. The van der Waals surface area contributed by atoms with Crippen molar-refractivity contribution in [3.63, 3.8) is 0 Å². The maximum Gasteiger partial charge on any atom is 0.305 e. The number of methoxy groups -OCH3 is 2. The molecule has 0 aromatic rings. The van der Waals surface area contributed by atoms with Gasteiger partial charge in [0.15, 0.2) is 12.1 Å². The Morgan fingerprint density at radius 2 is 1.88 bits per heavy atom. The highest BCUT2D eigenvalue weighted by Crippen LogP contribution is 2.41. The number of ether oxygens (including phenoxy) is 5. The Kier molecular flexibility index (Phi) is 11.9. The van der Waals surface area contributed by atoms with Crippen molar-refractivity contribution in [1.29, 1.82) is 0 Å². The van der Waals surface area contributed by atoms with Gasteiger partial charge in [-0.25, -0.2) is 0 Å². The number of esters is 1. The third-order valence-electron chi connectivity index (χ3n) is 6.40. The number of hydrogen-bond donors (Lipinski definition) is 0. The third-order valence-corrected chi connectivity index (χ3v) is 7.00. The maximum atomic E-state index is 12.0. The Hall–Kier alpha value is -1.04. The molecule has 0 amide bonds. The minimum absolute atomic E-state index is 0.105. The van der Waals surface area contributed by atoms with E-state index in [0.717, 1.165) is 31.9 Å². The van der Waals surface area contributed by atoms with Gasteiger partial charge in [0, 0.05) is 32.5 Å². The van der Waals surface area contributed by atoms with Gasteiger partial charge in [-0.2, -0.15) is 8.42 Å². The van der Waals surface area contributed by atoms with Crippen molar-refractivity contribution in [2.24, 2.45) is 11.8 Å². The van der Waals surface area contributed by atoms with Crippen molar-refractivity contribution in [3.8, 4) is 0 Å². The first-order chi connectivity index (χ1) is 16.0. The molecule has 1 saturated heterocycles. The summed E-state index contributed by atoms with van der Waals surface area (Å²) in [4.78, 5) is 11.3. The standard InChI is InChI=1S/C24H42O9S/c1-24(2,29-4)31-17-19-18(12-8-6-7-9-13-22(25)28-3)21(33-34(5,26)27)16-20(19)32-23-14-10-11-15-30-23/h6,8,18-21,23H,7,9-17H2,1-5H3/b8-6-/t18-,19-,20-,21+,23?/m1/s1. The van der Waals surface area contributed by atoms with Gasteiger partial charge in [-0.05, 0) is 58.3 Å². The van der Waals surface area contributed by atoms with Crippen LogP contribution in [-0.2, 0) is 42.8 Å². The van der Waals surface area contributed by atoms with Gasteiger partial charge in [-0.15, -0.1) is 0 Å². The van der Waals surface area contributed by atoms with Crippen LogP contribution in [0.15, 0.2) is 12.2 Å². The summed E-state index contributed by atoms with van der Waals surface area (Å²) in [5.74, 6) is -1.25. The van der Waals surface area contributed by atoms with Crippen LogP contribution in [0.1, 0.15) is 65.2 Å². The highest BCUT2D eigenvalue weighted by Gasteiger charge is 2.47. The van der Waals surface area contributed by atoms with Crippen LogP contribution in [0.5, 0.6) is 0 Å². The van der Waals surface area contributed by atoms with E-state index >= 15 is 0 Å². The van der Waals surface area contributed by atoms with E-state index in [-0.39, 0.29) is 30.2 Å². The minimum atomic E-state index is -3.65. The van der Waals surface area contributed by atoms with Gasteiger partial charge < -0.3 is 23.7 Å². The molecule has 5 atom stereocenters. The molecule has 2 aliphatic rings. The molecular weight excluding hydrogens is 464 g/mol. The normalized spacial score (nSPS) is 28.4. The number of hydrogen-bond acceptors (Lipinski definition) is 9. The zero-order valence-corrected chi connectivity index (χ0v) is 22.0. The molecule has 1 saturated carbocycles. The van der Waals surface area contributed by atoms with Gasteiger partial charge >= 0.3 is 5.97 Å². The molecule has 10 heteroatoms. The summed E-state index contributed by atoms with van der Waals surface area (Å²) in [5.41, 5.74) is 0. The summed E-state index contributed by atoms with van der Waals surface area (Å²) >= 11 is 0. The summed E-state index contributed by atoms with van der Waals surface area (Å²) in [6.45, 7) is 4.67. The summed E-state index contributed by atoms with van der Waals surface area (Å²) in [7, 11) is -0.683. The summed E-state index contributed by atoms with van der Waals surface area (Å²) in [6.07, 6.45) is 9.71. The van der Waals surface area contributed by atoms with E-state index in [1.54, 1.807) is 7.11 Å². The van der Waals surface area contributed by atoms with E-state index in [1.165, 1.54) is 7.11 Å². The van der Waals surface area contributed by atoms with Crippen molar-refractivity contribution in [2.45, 2.75) is 89.5 Å². The third kappa shape index (κ3) is 10.3. The van der Waals surface area contributed by atoms with Crippen molar-refractivity contribution in [3.05, 3.63) is 12.2 Å². The van der Waals surface area contributed by atoms with Crippen LogP contribution >= 0.6 is 0 Å². The first-order valence-corrected chi connectivity index (χ1v) is 13.9. The SMILES string of the molecule is COC(=O)CCC/C=C\C[C@@H]1[C@@H](COC(C)(C)OC)[C@H](OC2CCCCO2)C[C@@H]1OS(C)(=O)=O. The second-order valence-electron chi connectivity index (χ2n) is 9.46. The van der Waals surface area contributed by atoms with Gasteiger partial charge in [0.2, 0.25) is 0 Å². The van der Waals surface area contributed by atoms with E-state index in [2.05, 4.69) is 4.74 Å². The van der Waals surface area contributed by atoms with Gasteiger partial charge in [-0.3, -0.25) is 8.98 Å². The summed E-state index contributed by atoms with van der Waals surface area (Å²) < 4.78 is 57.8. The Morgan fingerprint density at radius 1 is 1.12 bits per heavy atom. The molecule has 2 fully saturated rings. The predicted octanol–water partition coefficient (Wildman–Crippen LogP) is 3.57. The molecule has 1 aliphatic heterocycles. The highest BCUT2D eigenvalue weighted by atomic mass is 32.2. The summed E-state index contributed by atoms with van der Waals surface area (Å²) in [6, 6.07) is 0. The van der Waals surface area contributed by atoms with Crippen LogP contribution in [-0.4, -0.2) is 72.4 Å². The minimum Gasteiger partial charge on any atom is -0.469 e. The van der Waals surface area contributed by atoms with Crippen LogP contribution in [0, 0.1) is 11.8 Å². The molecule has 0 spiro atoms. The van der Waals surface area contributed by atoms with E-state index < -0.39 is 22.0 Å². The van der Waals surface area contributed by atoms with Gasteiger partial charge in [0.1, 0.15) is 0 Å². The van der Waals surface area contributed by atoms with E-state index in [9.17, 15) is 13.2 Å². The molecule has 1 heterocycles. The lowest BCUT2D eigenvalue weighted by atomic mass is 9.90. The molecule has 1 aliphatic carbocycles. The summed E-state index contributed by atoms with van der Waals surface area (Å²) in [5, 5.41) is 0. The van der Waals surface area contributed by atoms with Crippen LogP contribution < -0.4 is 0 Å². The van der Waals surface area contributed by atoms with Gasteiger partial charge in [0.05, 0.1) is 32.2 Å². The topological polar surface area (TPSA) is 107 Å². The Morgan fingerprint density at radius 3 is 2.50 bits per heavy atom. The van der Waals surface area contributed by atoms with Crippen LogP contribution in [0.3, 0.4) is 0 Å². The first-order valence-electron chi connectivity index (χ1n) is 12.1. The maximum absolute atomic E-state index is 12.0.